The highest BCUT2D eigenvalue weighted by Crippen LogP contribution is 2.43. The molecule has 3 heteroatoms. The summed E-state index contributed by atoms with van der Waals surface area (Å²) < 4.78 is 10.7. The zero-order chi connectivity index (χ0) is 11.1. The molecule has 1 heterocycles. The van der Waals surface area contributed by atoms with Crippen LogP contribution in [-0.4, -0.2) is 25.3 Å². The van der Waals surface area contributed by atoms with Gasteiger partial charge < -0.3 is 9.47 Å². The number of carbonyl (C=O) groups excluding carboxylic acids is 1. The van der Waals surface area contributed by atoms with Gasteiger partial charge in [0.2, 0.25) is 0 Å². The van der Waals surface area contributed by atoms with Gasteiger partial charge in [0.05, 0.1) is 19.3 Å². The summed E-state index contributed by atoms with van der Waals surface area (Å²) in [7, 11) is 1.42. The van der Waals surface area contributed by atoms with E-state index in [1.807, 2.05) is 6.08 Å². The molecule has 0 aromatic heterocycles. The summed E-state index contributed by atoms with van der Waals surface area (Å²) in [5.74, 6) is 0.0607. The van der Waals surface area contributed by atoms with Gasteiger partial charge in [-0.1, -0.05) is 24.3 Å². The summed E-state index contributed by atoms with van der Waals surface area (Å²) >= 11 is 0. The summed E-state index contributed by atoms with van der Waals surface area (Å²) in [5, 5.41) is 0. The molecule has 0 bridgehead atoms. The van der Waals surface area contributed by atoms with Crippen molar-refractivity contribution in [3.8, 4) is 0 Å². The van der Waals surface area contributed by atoms with Gasteiger partial charge in [0.15, 0.2) is 0 Å². The van der Waals surface area contributed by atoms with E-state index >= 15 is 0 Å². The first-order valence-corrected chi connectivity index (χ1v) is 5.60. The normalized spacial score (nSPS) is 35.2. The van der Waals surface area contributed by atoms with Gasteiger partial charge in [-0.3, -0.25) is 0 Å². The number of hydrogen-bond donors (Lipinski definition) is 0. The maximum Gasteiger partial charge on any atom is 0.333 e. The van der Waals surface area contributed by atoms with Crippen LogP contribution in [0.3, 0.4) is 0 Å². The zero-order valence-corrected chi connectivity index (χ0v) is 9.18. The van der Waals surface area contributed by atoms with E-state index in [0.29, 0.717) is 6.42 Å². The second kappa shape index (κ2) is 3.59. The second-order valence-electron chi connectivity index (χ2n) is 4.41. The van der Waals surface area contributed by atoms with Crippen LogP contribution in [0.4, 0.5) is 0 Å². The minimum Gasteiger partial charge on any atom is -0.466 e. The largest absolute Gasteiger partial charge is 0.466 e. The number of esters is 1. The quantitative estimate of drug-likeness (QED) is 0.629. The van der Waals surface area contributed by atoms with Crippen molar-refractivity contribution in [3.05, 3.63) is 35.5 Å². The van der Waals surface area contributed by atoms with Gasteiger partial charge in [0.25, 0.3) is 0 Å². The highest BCUT2D eigenvalue weighted by Gasteiger charge is 2.43. The molecule has 84 valence electrons. The van der Waals surface area contributed by atoms with Gasteiger partial charge in [-0.2, -0.15) is 0 Å². The van der Waals surface area contributed by atoms with Crippen molar-refractivity contribution >= 4 is 5.97 Å². The third-order valence-electron chi connectivity index (χ3n) is 3.52. The highest BCUT2D eigenvalue weighted by molar-refractivity contribution is 5.89. The monoisotopic (exact) mass is 218 g/mol. The van der Waals surface area contributed by atoms with E-state index in [2.05, 4.69) is 18.2 Å². The molecule has 0 radical (unpaired) electrons. The zero-order valence-electron chi connectivity index (χ0n) is 9.18. The van der Waals surface area contributed by atoms with Crippen LogP contribution in [0.2, 0.25) is 0 Å². The topological polar surface area (TPSA) is 35.5 Å². The Balaban J connectivity index is 1.87. The SMILES string of the molecule is COC(=O)C1=CC2C3=CC=CCC3OC2C1. The maximum absolute atomic E-state index is 11.4. The molecule has 0 aromatic carbocycles. The highest BCUT2D eigenvalue weighted by atomic mass is 16.5. The number of fused-ring (bicyclic) bond motifs is 3. The minimum atomic E-state index is -0.221. The Morgan fingerprint density at radius 1 is 1.56 bits per heavy atom. The lowest BCUT2D eigenvalue weighted by molar-refractivity contribution is -0.136. The van der Waals surface area contributed by atoms with E-state index in [9.17, 15) is 4.79 Å². The van der Waals surface area contributed by atoms with Crippen LogP contribution in [0.5, 0.6) is 0 Å². The fourth-order valence-corrected chi connectivity index (χ4v) is 2.76. The van der Waals surface area contributed by atoms with Crippen LogP contribution >= 0.6 is 0 Å². The molecule has 16 heavy (non-hydrogen) atoms. The molecule has 0 aromatic rings. The van der Waals surface area contributed by atoms with Crippen molar-refractivity contribution < 1.29 is 14.3 Å². The smallest absolute Gasteiger partial charge is 0.333 e. The van der Waals surface area contributed by atoms with Crippen molar-refractivity contribution in [1.82, 2.24) is 0 Å². The van der Waals surface area contributed by atoms with Crippen LogP contribution in [0, 0.1) is 5.92 Å². The van der Waals surface area contributed by atoms with Crippen molar-refractivity contribution in [2.24, 2.45) is 5.92 Å². The number of allylic oxidation sites excluding steroid dienone is 2. The predicted molar refractivity (Wildman–Crippen MR) is 58.7 cm³/mol. The van der Waals surface area contributed by atoms with Crippen LogP contribution in [-0.2, 0) is 14.3 Å². The third kappa shape index (κ3) is 1.35. The molecule has 3 nitrogen and oxygen atoms in total. The summed E-state index contributed by atoms with van der Waals surface area (Å²) in [6.45, 7) is 0. The standard InChI is InChI=1S/C13H14O3/c1-15-13(14)8-6-10-9-4-2-3-5-11(9)16-12(10)7-8/h2-4,6,10-12H,5,7H2,1H3. The summed E-state index contributed by atoms with van der Waals surface area (Å²) in [6, 6.07) is 0. The first-order valence-electron chi connectivity index (χ1n) is 5.60. The van der Waals surface area contributed by atoms with E-state index < -0.39 is 0 Å². The van der Waals surface area contributed by atoms with Gasteiger partial charge in [-0.05, 0) is 12.0 Å². The lowest BCUT2D eigenvalue weighted by Crippen LogP contribution is -2.13. The molecule has 0 N–H and O–H groups in total. The molecule has 3 aliphatic rings. The molecular weight excluding hydrogens is 204 g/mol. The Bertz CT molecular complexity index is 417. The molecule has 3 rings (SSSR count). The maximum atomic E-state index is 11.4. The average Bonchev–Trinajstić information content (AvgIpc) is 2.85. The Kier molecular flexibility index (Phi) is 2.21. The first-order chi connectivity index (χ1) is 7.79. The number of ether oxygens (including phenoxy) is 2. The molecule has 0 spiro atoms. The van der Waals surface area contributed by atoms with E-state index in [4.69, 9.17) is 9.47 Å². The van der Waals surface area contributed by atoms with Gasteiger partial charge in [0, 0.05) is 17.9 Å². The van der Waals surface area contributed by atoms with E-state index in [1.54, 1.807) is 0 Å². The van der Waals surface area contributed by atoms with Gasteiger partial charge in [0.1, 0.15) is 0 Å². The Labute approximate surface area is 94.4 Å². The third-order valence-corrected chi connectivity index (χ3v) is 3.52. The van der Waals surface area contributed by atoms with Crippen LogP contribution in [0.25, 0.3) is 0 Å². The number of hydrogen-bond acceptors (Lipinski definition) is 3. The van der Waals surface area contributed by atoms with Crippen molar-refractivity contribution in [2.75, 3.05) is 7.11 Å². The lowest BCUT2D eigenvalue weighted by atomic mass is 9.92. The van der Waals surface area contributed by atoms with Crippen LogP contribution in [0.1, 0.15) is 12.8 Å². The van der Waals surface area contributed by atoms with Crippen LogP contribution in [0.15, 0.2) is 35.5 Å². The van der Waals surface area contributed by atoms with E-state index in [-0.39, 0.29) is 24.1 Å². The molecule has 3 atom stereocenters. The molecule has 0 amide bonds. The first kappa shape index (κ1) is 9.85. The number of methoxy groups -OCH3 is 1. The van der Waals surface area contributed by atoms with Crippen molar-refractivity contribution in [1.29, 1.82) is 0 Å². The fraction of sp³-hybridized carbons (Fsp3) is 0.462. The Morgan fingerprint density at radius 2 is 2.44 bits per heavy atom. The fourth-order valence-electron chi connectivity index (χ4n) is 2.76. The molecule has 3 unspecified atom stereocenters. The second-order valence-corrected chi connectivity index (χ2v) is 4.41. The van der Waals surface area contributed by atoms with E-state index in [1.165, 1.54) is 12.7 Å². The molecular formula is C13H14O3. The predicted octanol–water partition coefficient (Wildman–Crippen LogP) is 1.76. The minimum absolute atomic E-state index is 0.144. The van der Waals surface area contributed by atoms with Gasteiger partial charge in [-0.25, -0.2) is 4.79 Å². The molecule has 1 fully saturated rings. The lowest BCUT2D eigenvalue weighted by Gasteiger charge is -2.14. The average molecular weight is 218 g/mol. The van der Waals surface area contributed by atoms with Crippen LogP contribution < -0.4 is 0 Å². The number of carbonyl (C=O) groups is 1. The molecule has 1 saturated heterocycles. The summed E-state index contributed by atoms with van der Waals surface area (Å²) in [4.78, 5) is 11.4. The summed E-state index contributed by atoms with van der Waals surface area (Å²) in [5.41, 5.74) is 2.07. The molecule has 0 saturated carbocycles. The number of rotatable bonds is 1. The van der Waals surface area contributed by atoms with Gasteiger partial charge >= 0.3 is 5.97 Å². The Hall–Kier alpha value is -1.35. The summed E-state index contributed by atoms with van der Waals surface area (Å²) in [6.07, 6.45) is 10.4. The van der Waals surface area contributed by atoms with Gasteiger partial charge in [-0.15, -0.1) is 0 Å². The van der Waals surface area contributed by atoms with E-state index in [0.717, 1.165) is 12.0 Å². The molecule has 2 aliphatic carbocycles. The Morgan fingerprint density at radius 3 is 3.25 bits per heavy atom. The van der Waals surface area contributed by atoms with Crippen molar-refractivity contribution in [2.45, 2.75) is 25.0 Å². The van der Waals surface area contributed by atoms with Crippen molar-refractivity contribution in [3.63, 3.8) is 0 Å². The molecule has 1 aliphatic heterocycles.